The summed E-state index contributed by atoms with van der Waals surface area (Å²) in [6.07, 6.45) is 0.190. The monoisotopic (exact) mass is 448 g/mol. The summed E-state index contributed by atoms with van der Waals surface area (Å²) in [4.78, 5) is 49.9. The highest BCUT2D eigenvalue weighted by Gasteiger charge is 2.64. The van der Waals surface area contributed by atoms with E-state index in [-0.39, 0.29) is 11.1 Å². The minimum atomic E-state index is -1.34. The van der Waals surface area contributed by atoms with Crippen LogP contribution in [0, 0.1) is 5.92 Å². The summed E-state index contributed by atoms with van der Waals surface area (Å²) in [5.74, 6) is -3.71. The third-order valence-corrected chi connectivity index (χ3v) is 6.18. The number of epoxide rings is 1. The molecule has 3 rings (SSSR count). The second-order valence-corrected chi connectivity index (χ2v) is 8.33. The van der Waals surface area contributed by atoms with E-state index in [0.29, 0.717) is 18.4 Å². The van der Waals surface area contributed by atoms with Gasteiger partial charge in [-0.1, -0.05) is 18.7 Å². The largest absolute Gasteiger partial charge is 0.466 e. The lowest BCUT2D eigenvalue weighted by atomic mass is 9.80. The van der Waals surface area contributed by atoms with Crippen molar-refractivity contribution >= 4 is 23.9 Å². The van der Waals surface area contributed by atoms with Crippen LogP contribution in [-0.4, -0.2) is 61.0 Å². The van der Waals surface area contributed by atoms with Crippen molar-refractivity contribution in [3.05, 3.63) is 35.5 Å². The summed E-state index contributed by atoms with van der Waals surface area (Å²) >= 11 is 0. The van der Waals surface area contributed by atoms with Crippen LogP contribution in [0.25, 0.3) is 0 Å². The van der Waals surface area contributed by atoms with E-state index in [4.69, 9.17) is 23.7 Å². The van der Waals surface area contributed by atoms with Crippen LogP contribution in [0.15, 0.2) is 35.5 Å². The Morgan fingerprint density at radius 1 is 1.25 bits per heavy atom. The molecular formula is C23H28O9. The Kier molecular flexibility index (Phi) is 6.59. The lowest BCUT2D eigenvalue weighted by molar-refractivity contribution is -0.168. The summed E-state index contributed by atoms with van der Waals surface area (Å²) in [7, 11) is 1.20. The average molecular weight is 448 g/mol. The van der Waals surface area contributed by atoms with Gasteiger partial charge in [-0.05, 0) is 33.6 Å². The van der Waals surface area contributed by atoms with Crippen molar-refractivity contribution in [2.75, 3.05) is 7.11 Å². The van der Waals surface area contributed by atoms with Crippen LogP contribution in [-0.2, 0) is 42.9 Å². The van der Waals surface area contributed by atoms with Gasteiger partial charge in [-0.3, -0.25) is 4.79 Å². The van der Waals surface area contributed by atoms with E-state index in [9.17, 15) is 19.2 Å². The normalized spacial score (nSPS) is 36.0. The van der Waals surface area contributed by atoms with Gasteiger partial charge in [0.25, 0.3) is 0 Å². The third-order valence-electron chi connectivity index (χ3n) is 6.18. The van der Waals surface area contributed by atoms with Crippen LogP contribution in [0.2, 0.25) is 0 Å². The van der Waals surface area contributed by atoms with Crippen LogP contribution >= 0.6 is 0 Å². The van der Waals surface area contributed by atoms with Crippen molar-refractivity contribution in [1.29, 1.82) is 0 Å². The second kappa shape index (κ2) is 8.90. The molecule has 0 aromatic heterocycles. The van der Waals surface area contributed by atoms with Gasteiger partial charge in [0.1, 0.15) is 12.2 Å². The predicted molar refractivity (Wildman–Crippen MR) is 110 cm³/mol. The minimum Gasteiger partial charge on any atom is -0.466 e. The van der Waals surface area contributed by atoms with Gasteiger partial charge in [0.2, 0.25) is 0 Å². The van der Waals surface area contributed by atoms with Crippen LogP contribution < -0.4 is 0 Å². The van der Waals surface area contributed by atoms with Gasteiger partial charge in [-0.2, -0.15) is 0 Å². The molecule has 3 aliphatic rings. The Hall–Kier alpha value is -2.94. The molecule has 1 aliphatic carbocycles. The van der Waals surface area contributed by atoms with Gasteiger partial charge in [0, 0.05) is 18.1 Å². The van der Waals surface area contributed by atoms with Crippen molar-refractivity contribution in [1.82, 2.24) is 0 Å². The van der Waals surface area contributed by atoms with Crippen molar-refractivity contribution in [2.24, 2.45) is 5.92 Å². The van der Waals surface area contributed by atoms with Gasteiger partial charge in [-0.25, -0.2) is 14.4 Å². The molecule has 9 nitrogen and oxygen atoms in total. The minimum absolute atomic E-state index is 0.00669. The summed E-state index contributed by atoms with van der Waals surface area (Å²) < 4.78 is 27.6. The van der Waals surface area contributed by atoms with Gasteiger partial charge >= 0.3 is 23.9 Å². The lowest BCUT2D eigenvalue weighted by Gasteiger charge is -2.33. The molecule has 0 amide bonds. The van der Waals surface area contributed by atoms with E-state index in [1.807, 2.05) is 6.92 Å². The molecule has 0 aromatic rings. The third kappa shape index (κ3) is 4.34. The van der Waals surface area contributed by atoms with Crippen molar-refractivity contribution in [2.45, 2.75) is 70.6 Å². The second-order valence-electron chi connectivity index (χ2n) is 8.33. The molecule has 6 atom stereocenters. The number of hydrogen-bond acceptors (Lipinski definition) is 9. The summed E-state index contributed by atoms with van der Waals surface area (Å²) in [6, 6.07) is 0. The van der Waals surface area contributed by atoms with E-state index in [1.54, 1.807) is 26.0 Å². The molecule has 2 aliphatic heterocycles. The lowest BCUT2D eigenvalue weighted by Crippen LogP contribution is -2.48. The first-order valence-corrected chi connectivity index (χ1v) is 10.4. The zero-order chi connectivity index (χ0) is 23.8. The number of rotatable bonds is 4. The quantitative estimate of drug-likeness (QED) is 0.275. The van der Waals surface area contributed by atoms with E-state index < -0.39 is 59.8 Å². The molecule has 0 bridgehead atoms. The van der Waals surface area contributed by atoms with Crippen molar-refractivity contribution in [3.63, 3.8) is 0 Å². The maximum Gasteiger partial charge on any atom is 0.337 e. The molecule has 9 heteroatoms. The Balaban J connectivity index is 2.17. The van der Waals surface area contributed by atoms with Crippen LogP contribution in [0.5, 0.6) is 0 Å². The summed E-state index contributed by atoms with van der Waals surface area (Å²) in [5, 5.41) is 0. The highest BCUT2D eigenvalue weighted by molar-refractivity contribution is 5.93. The Morgan fingerprint density at radius 2 is 1.94 bits per heavy atom. The number of esters is 4. The standard InChI is InChI=1S/C23H28O9/c1-7-11(2)20(25)30-17-15-12(3)21(26)31-18(15)19-23(5,32-19)10-8-9-14(22(27)28-6)16(17)29-13(4)24/h7,9,15-19H,3,8,10H2,1-2,4-6H3/b11-7-,14-9+/t15-,16+,17+,18+,19-,23-/m1/s1. The number of ether oxygens (including phenoxy) is 5. The molecule has 0 radical (unpaired) electrons. The maximum atomic E-state index is 12.8. The Labute approximate surface area is 186 Å². The predicted octanol–water partition coefficient (Wildman–Crippen LogP) is 1.94. The Morgan fingerprint density at radius 3 is 2.53 bits per heavy atom. The molecule has 32 heavy (non-hydrogen) atoms. The van der Waals surface area contributed by atoms with Crippen LogP contribution in [0.4, 0.5) is 0 Å². The Bertz CT molecular complexity index is 914. The summed E-state index contributed by atoms with van der Waals surface area (Å²) in [5.41, 5.74) is -0.238. The number of fused-ring (bicyclic) bond motifs is 3. The topological polar surface area (TPSA) is 118 Å². The number of hydrogen-bond donors (Lipinski definition) is 0. The van der Waals surface area contributed by atoms with Crippen molar-refractivity contribution < 1.29 is 42.9 Å². The molecule has 0 N–H and O–H groups in total. The molecule has 2 heterocycles. The van der Waals surface area contributed by atoms with Gasteiger partial charge < -0.3 is 23.7 Å². The van der Waals surface area contributed by atoms with Gasteiger partial charge in [0.15, 0.2) is 12.2 Å². The fourth-order valence-electron chi connectivity index (χ4n) is 4.21. The molecule has 0 saturated carbocycles. The number of methoxy groups -OCH3 is 1. The number of allylic oxidation sites excluding steroid dienone is 2. The zero-order valence-electron chi connectivity index (χ0n) is 18.8. The van der Waals surface area contributed by atoms with E-state index >= 15 is 0 Å². The van der Waals surface area contributed by atoms with E-state index in [1.165, 1.54) is 14.0 Å². The molecule has 2 saturated heterocycles. The van der Waals surface area contributed by atoms with Crippen LogP contribution in [0.3, 0.4) is 0 Å². The molecule has 2 fully saturated rings. The summed E-state index contributed by atoms with van der Waals surface area (Å²) in [6.45, 7) is 10.1. The molecular weight excluding hydrogens is 420 g/mol. The van der Waals surface area contributed by atoms with Gasteiger partial charge in [0.05, 0.1) is 24.2 Å². The number of carbonyl (C=O) groups excluding carboxylic acids is 4. The maximum absolute atomic E-state index is 12.8. The fourth-order valence-corrected chi connectivity index (χ4v) is 4.21. The first-order valence-electron chi connectivity index (χ1n) is 10.4. The van der Waals surface area contributed by atoms with E-state index in [0.717, 1.165) is 0 Å². The van der Waals surface area contributed by atoms with Crippen molar-refractivity contribution in [3.8, 4) is 0 Å². The first-order chi connectivity index (χ1) is 15.0. The molecule has 174 valence electrons. The van der Waals surface area contributed by atoms with E-state index in [2.05, 4.69) is 6.58 Å². The molecule has 0 spiro atoms. The van der Waals surface area contributed by atoms with Crippen LogP contribution in [0.1, 0.15) is 40.5 Å². The van der Waals surface area contributed by atoms with Gasteiger partial charge in [-0.15, -0.1) is 0 Å². The highest BCUT2D eigenvalue weighted by atomic mass is 16.7. The smallest absolute Gasteiger partial charge is 0.337 e. The molecule has 0 unspecified atom stereocenters. The molecule has 0 aromatic carbocycles. The highest BCUT2D eigenvalue weighted by Crippen LogP contribution is 2.50. The SMILES string of the molecule is C=C1C(=O)O[C@H]2[C@H]1[C@H](OC(=O)/C(C)=C\C)[C@@H](OC(C)=O)/C(C(=O)OC)=C\CC[C@@]1(C)O[C@H]21. The average Bonchev–Trinajstić information content (AvgIpc) is 3.33. The fraction of sp³-hybridized carbons (Fsp3) is 0.565. The first kappa shape index (κ1) is 23.7. The zero-order valence-corrected chi connectivity index (χ0v) is 18.8. The number of carbonyl (C=O) groups is 4.